The summed E-state index contributed by atoms with van der Waals surface area (Å²) in [5.41, 5.74) is 1.32. The molecule has 7 heteroatoms. The van der Waals surface area contributed by atoms with Crippen molar-refractivity contribution in [1.29, 1.82) is 0 Å². The van der Waals surface area contributed by atoms with Crippen LogP contribution in [0.5, 0.6) is 0 Å². The molecule has 1 saturated carbocycles. The minimum Gasteiger partial charge on any atom is -0.479 e. The van der Waals surface area contributed by atoms with Gasteiger partial charge in [-0.3, -0.25) is 9.59 Å². The summed E-state index contributed by atoms with van der Waals surface area (Å²) in [6.45, 7) is 2.03. The molecular formula is C20H19ClN2O4. The van der Waals surface area contributed by atoms with Crippen molar-refractivity contribution >= 4 is 35.1 Å². The molecule has 0 heterocycles. The fourth-order valence-electron chi connectivity index (χ4n) is 2.78. The predicted octanol–water partition coefficient (Wildman–Crippen LogP) is 3.49. The second-order valence-corrected chi connectivity index (χ2v) is 7.12. The van der Waals surface area contributed by atoms with Crippen LogP contribution in [0.25, 0.3) is 0 Å². The number of amides is 2. The molecule has 3 atom stereocenters. The molecule has 0 aliphatic heterocycles. The van der Waals surface area contributed by atoms with Gasteiger partial charge in [0, 0.05) is 22.2 Å². The molecule has 0 spiro atoms. The van der Waals surface area contributed by atoms with Crippen LogP contribution in [-0.2, 0) is 9.59 Å². The predicted molar refractivity (Wildman–Crippen MR) is 102 cm³/mol. The first-order chi connectivity index (χ1) is 12.8. The number of carboxylic acid groups (broad SMARTS) is 1. The molecule has 6 nitrogen and oxygen atoms in total. The molecule has 2 amide bonds. The maximum Gasteiger partial charge on any atom is 0.330 e. The normalized spacial score (nSPS) is 19.0. The Labute approximate surface area is 161 Å². The van der Waals surface area contributed by atoms with Gasteiger partial charge in [0.05, 0.1) is 0 Å². The summed E-state index contributed by atoms with van der Waals surface area (Å²) >= 11 is 5.81. The average molecular weight is 387 g/mol. The molecule has 1 fully saturated rings. The molecule has 3 rings (SSSR count). The molecule has 140 valence electrons. The number of halogens is 1. The Kier molecular flexibility index (Phi) is 5.46. The Morgan fingerprint density at radius 3 is 2.19 bits per heavy atom. The minimum absolute atomic E-state index is 0.0200. The van der Waals surface area contributed by atoms with Crippen molar-refractivity contribution in [2.75, 3.05) is 5.32 Å². The number of benzene rings is 2. The van der Waals surface area contributed by atoms with E-state index in [1.165, 1.54) is 0 Å². The number of carboxylic acids is 1. The third-order valence-electron chi connectivity index (χ3n) is 4.59. The molecule has 3 unspecified atom stereocenters. The Balaban J connectivity index is 1.66. The number of carbonyl (C=O) groups is 3. The number of hydrogen-bond donors (Lipinski definition) is 3. The van der Waals surface area contributed by atoms with E-state index in [0.29, 0.717) is 27.8 Å². The standard InChI is InChI=1S/C20H19ClN2O4/c1-11-10-16(11)19(25)22-15-8-4-13(5-9-15)18(24)23-17(20(26)27)12-2-6-14(21)7-3-12/h2-9,11,16-17H,10H2,1H3,(H,22,25)(H,23,24)(H,26,27). The first-order valence-electron chi connectivity index (χ1n) is 8.55. The number of carbonyl (C=O) groups excluding carboxylic acids is 2. The summed E-state index contributed by atoms with van der Waals surface area (Å²) in [6, 6.07) is 11.4. The number of hydrogen-bond acceptors (Lipinski definition) is 3. The van der Waals surface area contributed by atoms with Crippen molar-refractivity contribution in [3.8, 4) is 0 Å². The van der Waals surface area contributed by atoms with Gasteiger partial charge in [-0.2, -0.15) is 0 Å². The summed E-state index contributed by atoms with van der Waals surface area (Å²) in [6.07, 6.45) is 0.896. The average Bonchev–Trinajstić information content (AvgIpc) is 3.38. The molecule has 1 aliphatic carbocycles. The lowest BCUT2D eigenvalue weighted by Crippen LogP contribution is -2.33. The van der Waals surface area contributed by atoms with Gasteiger partial charge in [0.15, 0.2) is 6.04 Å². The zero-order chi connectivity index (χ0) is 19.6. The van der Waals surface area contributed by atoms with E-state index in [-0.39, 0.29) is 11.8 Å². The van der Waals surface area contributed by atoms with E-state index < -0.39 is 17.9 Å². The van der Waals surface area contributed by atoms with E-state index in [1.54, 1.807) is 48.5 Å². The Morgan fingerprint density at radius 2 is 1.67 bits per heavy atom. The van der Waals surface area contributed by atoms with Crippen molar-refractivity contribution in [2.24, 2.45) is 11.8 Å². The van der Waals surface area contributed by atoms with Crippen molar-refractivity contribution < 1.29 is 19.5 Å². The van der Waals surface area contributed by atoms with Gasteiger partial charge in [-0.05, 0) is 54.3 Å². The van der Waals surface area contributed by atoms with E-state index in [0.717, 1.165) is 6.42 Å². The summed E-state index contributed by atoms with van der Waals surface area (Å²) in [5, 5.41) is 15.2. The first kappa shape index (κ1) is 18.9. The molecule has 1 aliphatic rings. The van der Waals surface area contributed by atoms with Crippen LogP contribution in [0.1, 0.15) is 35.3 Å². The van der Waals surface area contributed by atoms with Crippen molar-refractivity contribution in [3.63, 3.8) is 0 Å². The smallest absolute Gasteiger partial charge is 0.330 e. The third-order valence-corrected chi connectivity index (χ3v) is 4.84. The van der Waals surface area contributed by atoms with Crippen molar-refractivity contribution in [2.45, 2.75) is 19.4 Å². The van der Waals surface area contributed by atoms with Crippen LogP contribution in [0.3, 0.4) is 0 Å². The highest BCUT2D eigenvalue weighted by Crippen LogP contribution is 2.38. The Bertz CT molecular complexity index is 865. The topological polar surface area (TPSA) is 95.5 Å². The zero-order valence-corrected chi connectivity index (χ0v) is 15.4. The van der Waals surface area contributed by atoms with Crippen LogP contribution >= 0.6 is 11.6 Å². The molecule has 0 bridgehead atoms. The maximum atomic E-state index is 12.4. The van der Waals surface area contributed by atoms with E-state index in [4.69, 9.17) is 11.6 Å². The Hall–Kier alpha value is -2.86. The molecule has 2 aromatic carbocycles. The zero-order valence-electron chi connectivity index (χ0n) is 14.6. The van der Waals surface area contributed by atoms with Crippen molar-refractivity contribution in [3.05, 3.63) is 64.7 Å². The second kappa shape index (κ2) is 7.80. The van der Waals surface area contributed by atoms with Gasteiger partial charge in [-0.15, -0.1) is 0 Å². The van der Waals surface area contributed by atoms with Gasteiger partial charge in [-0.25, -0.2) is 4.79 Å². The maximum absolute atomic E-state index is 12.4. The fourth-order valence-corrected chi connectivity index (χ4v) is 2.91. The minimum atomic E-state index is -1.19. The Morgan fingerprint density at radius 1 is 1.07 bits per heavy atom. The number of aliphatic carboxylic acids is 1. The van der Waals surface area contributed by atoms with Gasteiger partial charge >= 0.3 is 5.97 Å². The lowest BCUT2D eigenvalue weighted by molar-refractivity contribution is -0.139. The molecule has 3 N–H and O–H groups in total. The molecule has 0 saturated heterocycles. The highest BCUT2D eigenvalue weighted by molar-refractivity contribution is 6.30. The van der Waals surface area contributed by atoms with Crippen LogP contribution in [0, 0.1) is 11.8 Å². The van der Waals surface area contributed by atoms with Gasteiger partial charge in [0.1, 0.15) is 0 Å². The van der Waals surface area contributed by atoms with E-state index in [2.05, 4.69) is 10.6 Å². The lowest BCUT2D eigenvalue weighted by Gasteiger charge is -2.15. The summed E-state index contributed by atoms with van der Waals surface area (Å²) in [4.78, 5) is 35.9. The summed E-state index contributed by atoms with van der Waals surface area (Å²) in [7, 11) is 0. The van der Waals surface area contributed by atoms with Crippen LogP contribution < -0.4 is 10.6 Å². The lowest BCUT2D eigenvalue weighted by atomic mass is 10.1. The highest BCUT2D eigenvalue weighted by atomic mass is 35.5. The van der Waals surface area contributed by atoms with Gasteiger partial charge < -0.3 is 15.7 Å². The summed E-state index contributed by atoms with van der Waals surface area (Å²) < 4.78 is 0. The van der Waals surface area contributed by atoms with Crippen LogP contribution in [0.15, 0.2) is 48.5 Å². The van der Waals surface area contributed by atoms with Gasteiger partial charge in [0.2, 0.25) is 5.91 Å². The van der Waals surface area contributed by atoms with Gasteiger partial charge in [0.25, 0.3) is 5.91 Å². The molecular weight excluding hydrogens is 368 g/mol. The van der Waals surface area contributed by atoms with Crippen LogP contribution in [-0.4, -0.2) is 22.9 Å². The number of rotatable bonds is 6. The second-order valence-electron chi connectivity index (χ2n) is 6.68. The summed E-state index contributed by atoms with van der Waals surface area (Å²) in [5.74, 6) is -1.24. The highest BCUT2D eigenvalue weighted by Gasteiger charge is 2.39. The van der Waals surface area contributed by atoms with Crippen molar-refractivity contribution in [1.82, 2.24) is 5.32 Å². The molecule has 0 aromatic heterocycles. The molecule has 2 aromatic rings. The monoisotopic (exact) mass is 386 g/mol. The number of anilines is 1. The van der Waals surface area contributed by atoms with Crippen LogP contribution in [0.2, 0.25) is 5.02 Å². The van der Waals surface area contributed by atoms with E-state index in [1.807, 2.05) is 6.92 Å². The van der Waals surface area contributed by atoms with E-state index in [9.17, 15) is 19.5 Å². The molecule has 0 radical (unpaired) electrons. The van der Waals surface area contributed by atoms with E-state index >= 15 is 0 Å². The van der Waals surface area contributed by atoms with Crippen LogP contribution in [0.4, 0.5) is 5.69 Å². The largest absolute Gasteiger partial charge is 0.479 e. The van der Waals surface area contributed by atoms with Gasteiger partial charge in [-0.1, -0.05) is 30.7 Å². The first-order valence-corrected chi connectivity index (χ1v) is 8.93. The quantitative estimate of drug-likeness (QED) is 0.708. The third kappa shape index (κ3) is 4.65. The molecule has 27 heavy (non-hydrogen) atoms. The number of nitrogens with one attached hydrogen (secondary N) is 2. The SMILES string of the molecule is CC1CC1C(=O)Nc1ccc(C(=O)NC(C(=O)O)c2ccc(Cl)cc2)cc1. The fraction of sp³-hybridized carbons (Fsp3) is 0.250.